The van der Waals surface area contributed by atoms with E-state index in [4.69, 9.17) is 23.2 Å². The van der Waals surface area contributed by atoms with E-state index in [1.165, 1.54) is 0 Å². The average molecular weight is 378 g/mol. The largest absolute Gasteiger partial charge is 0.368 e. The van der Waals surface area contributed by atoms with Crippen molar-refractivity contribution >= 4 is 46.9 Å². The lowest BCUT2D eigenvalue weighted by atomic mass is 10.2. The molecular formula is C18H17Cl2N3O2. The molecule has 2 aromatic carbocycles. The van der Waals surface area contributed by atoms with Crippen molar-refractivity contribution in [3.05, 3.63) is 58.1 Å². The molecule has 0 bridgehead atoms. The highest BCUT2D eigenvalue weighted by atomic mass is 35.5. The number of carbonyl (C=O) groups is 2. The van der Waals surface area contributed by atoms with Crippen LogP contribution in [0.25, 0.3) is 0 Å². The Hall–Kier alpha value is -2.24. The first kappa shape index (κ1) is 17.6. The lowest BCUT2D eigenvalue weighted by molar-refractivity contribution is -0.118. The van der Waals surface area contributed by atoms with Crippen LogP contribution in [0.15, 0.2) is 42.5 Å². The minimum Gasteiger partial charge on any atom is -0.368 e. The highest BCUT2D eigenvalue weighted by Crippen LogP contribution is 2.24. The van der Waals surface area contributed by atoms with Gasteiger partial charge in [0.1, 0.15) is 0 Å². The first-order valence-electron chi connectivity index (χ1n) is 7.87. The van der Waals surface area contributed by atoms with Crippen LogP contribution in [0.4, 0.5) is 11.4 Å². The second-order valence-electron chi connectivity index (χ2n) is 5.76. The van der Waals surface area contributed by atoms with Gasteiger partial charge in [-0.3, -0.25) is 9.59 Å². The SMILES string of the molecule is O=CN1CCN(c2ccc(NC(=O)c3ccc(Cl)c(Cl)c3)cc2)CC1. The molecule has 0 unspecified atom stereocenters. The molecule has 0 saturated carbocycles. The summed E-state index contributed by atoms with van der Waals surface area (Å²) in [5.74, 6) is -0.245. The molecule has 1 aliphatic rings. The number of piperazine rings is 1. The molecule has 0 atom stereocenters. The Morgan fingerprint density at radius 3 is 2.24 bits per heavy atom. The predicted octanol–water partition coefficient (Wildman–Crippen LogP) is 3.52. The summed E-state index contributed by atoms with van der Waals surface area (Å²) in [5, 5.41) is 3.60. The van der Waals surface area contributed by atoms with Gasteiger partial charge in [-0.25, -0.2) is 0 Å². The lowest BCUT2D eigenvalue weighted by Crippen LogP contribution is -2.45. The summed E-state index contributed by atoms with van der Waals surface area (Å²) in [6, 6.07) is 12.4. The van der Waals surface area contributed by atoms with E-state index in [1.807, 2.05) is 24.3 Å². The number of carbonyl (C=O) groups excluding carboxylic acids is 2. The summed E-state index contributed by atoms with van der Waals surface area (Å²) in [4.78, 5) is 27.0. The maximum atomic E-state index is 12.3. The minimum absolute atomic E-state index is 0.245. The fraction of sp³-hybridized carbons (Fsp3) is 0.222. The molecule has 1 aliphatic heterocycles. The van der Waals surface area contributed by atoms with Gasteiger partial charge in [0, 0.05) is 43.1 Å². The van der Waals surface area contributed by atoms with E-state index in [2.05, 4.69) is 10.2 Å². The first-order chi connectivity index (χ1) is 12.1. The van der Waals surface area contributed by atoms with Crippen LogP contribution < -0.4 is 10.2 Å². The average Bonchev–Trinajstić information content (AvgIpc) is 2.64. The van der Waals surface area contributed by atoms with Crippen molar-refractivity contribution in [1.82, 2.24) is 4.90 Å². The zero-order chi connectivity index (χ0) is 17.8. The Morgan fingerprint density at radius 2 is 1.64 bits per heavy atom. The van der Waals surface area contributed by atoms with Crippen LogP contribution in [0.3, 0.4) is 0 Å². The highest BCUT2D eigenvalue weighted by molar-refractivity contribution is 6.42. The number of benzene rings is 2. The van der Waals surface area contributed by atoms with E-state index in [-0.39, 0.29) is 5.91 Å². The summed E-state index contributed by atoms with van der Waals surface area (Å²) in [6.07, 6.45) is 0.888. The molecule has 130 valence electrons. The standard InChI is InChI=1S/C18H17Cl2N3O2/c19-16-6-1-13(11-17(16)20)18(25)21-14-2-4-15(5-3-14)23-9-7-22(12-24)8-10-23/h1-6,11-12H,7-10H2,(H,21,25). The van der Waals surface area contributed by atoms with Crippen molar-refractivity contribution in [3.63, 3.8) is 0 Å². The maximum absolute atomic E-state index is 12.3. The molecule has 25 heavy (non-hydrogen) atoms. The van der Waals surface area contributed by atoms with Crippen LogP contribution in [0.2, 0.25) is 10.0 Å². The number of hydrogen-bond acceptors (Lipinski definition) is 3. The third-order valence-corrected chi connectivity index (χ3v) is 4.87. The van der Waals surface area contributed by atoms with Gasteiger partial charge in [-0.15, -0.1) is 0 Å². The topological polar surface area (TPSA) is 52.7 Å². The second kappa shape index (κ2) is 7.76. The van der Waals surface area contributed by atoms with Crippen molar-refractivity contribution in [1.29, 1.82) is 0 Å². The predicted molar refractivity (Wildman–Crippen MR) is 101 cm³/mol. The number of hydrogen-bond donors (Lipinski definition) is 1. The van der Waals surface area contributed by atoms with Crippen molar-refractivity contribution < 1.29 is 9.59 Å². The summed E-state index contributed by atoms with van der Waals surface area (Å²) in [6.45, 7) is 3.04. The summed E-state index contributed by atoms with van der Waals surface area (Å²) < 4.78 is 0. The van der Waals surface area contributed by atoms with Gasteiger partial charge in [0.2, 0.25) is 6.41 Å². The van der Waals surface area contributed by atoms with Crippen molar-refractivity contribution in [2.24, 2.45) is 0 Å². The number of amides is 2. The molecule has 2 amide bonds. The van der Waals surface area contributed by atoms with Crippen LogP contribution >= 0.6 is 23.2 Å². The fourth-order valence-corrected chi connectivity index (χ4v) is 2.98. The van der Waals surface area contributed by atoms with Gasteiger partial charge >= 0.3 is 0 Å². The van der Waals surface area contributed by atoms with Crippen LogP contribution in [0.5, 0.6) is 0 Å². The van der Waals surface area contributed by atoms with Gasteiger partial charge < -0.3 is 15.1 Å². The molecule has 5 nitrogen and oxygen atoms in total. The van der Waals surface area contributed by atoms with E-state index in [0.29, 0.717) is 21.3 Å². The van der Waals surface area contributed by atoms with E-state index in [0.717, 1.165) is 38.3 Å². The van der Waals surface area contributed by atoms with Crippen molar-refractivity contribution in [3.8, 4) is 0 Å². The first-order valence-corrected chi connectivity index (χ1v) is 8.63. The molecule has 1 saturated heterocycles. The van der Waals surface area contributed by atoms with Gasteiger partial charge in [0.25, 0.3) is 5.91 Å². The van der Waals surface area contributed by atoms with E-state index in [9.17, 15) is 9.59 Å². The Kier molecular flexibility index (Phi) is 5.46. The molecule has 0 radical (unpaired) electrons. The minimum atomic E-state index is -0.245. The summed E-state index contributed by atoms with van der Waals surface area (Å²) in [5.41, 5.74) is 2.22. The smallest absolute Gasteiger partial charge is 0.255 e. The van der Waals surface area contributed by atoms with E-state index in [1.54, 1.807) is 23.1 Å². The molecule has 1 fully saturated rings. The van der Waals surface area contributed by atoms with Crippen LogP contribution in [-0.4, -0.2) is 43.4 Å². The second-order valence-corrected chi connectivity index (χ2v) is 6.57. The zero-order valence-corrected chi connectivity index (χ0v) is 14.9. The Bertz CT molecular complexity index is 772. The van der Waals surface area contributed by atoms with E-state index < -0.39 is 0 Å². The summed E-state index contributed by atoms with van der Waals surface area (Å²) >= 11 is 11.8. The molecule has 1 N–H and O–H groups in total. The lowest BCUT2D eigenvalue weighted by Gasteiger charge is -2.34. The number of halogens is 2. The Labute approximate surface area is 156 Å². The van der Waals surface area contributed by atoms with Crippen molar-refractivity contribution in [2.45, 2.75) is 0 Å². The van der Waals surface area contributed by atoms with Crippen LogP contribution in [0.1, 0.15) is 10.4 Å². The zero-order valence-electron chi connectivity index (χ0n) is 13.4. The van der Waals surface area contributed by atoms with Crippen LogP contribution in [0, 0.1) is 0 Å². The number of rotatable bonds is 4. The van der Waals surface area contributed by atoms with E-state index >= 15 is 0 Å². The third-order valence-electron chi connectivity index (χ3n) is 4.14. The van der Waals surface area contributed by atoms with Gasteiger partial charge in [-0.1, -0.05) is 23.2 Å². The van der Waals surface area contributed by atoms with Crippen LogP contribution in [-0.2, 0) is 4.79 Å². The van der Waals surface area contributed by atoms with Gasteiger partial charge in [-0.2, -0.15) is 0 Å². The molecule has 3 rings (SSSR count). The third kappa shape index (κ3) is 4.24. The molecular weight excluding hydrogens is 361 g/mol. The summed E-state index contributed by atoms with van der Waals surface area (Å²) in [7, 11) is 0. The highest BCUT2D eigenvalue weighted by Gasteiger charge is 2.15. The quantitative estimate of drug-likeness (QED) is 0.829. The van der Waals surface area contributed by atoms with Gasteiger partial charge in [0.05, 0.1) is 10.0 Å². The Morgan fingerprint density at radius 1 is 0.960 bits per heavy atom. The normalized spacial score (nSPS) is 14.3. The maximum Gasteiger partial charge on any atom is 0.255 e. The number of nitrogens with zero attached hydrogens (tertiary/aromatic N) is 2. The molecule has 0 spiro atoms. The Balaban J connectivity index is 1.63. The number of anilines is 2. The number of nitrogens with one attached hydrogen (secondary N) is 1. The van der Waals surface area contributed by atoms with Crippen molar-refractivity contribution in [2.75, 3.05) is 36.4 Å². The fourth-order valence-electron chi connectivity index (χ4n) is 2.68. The molecule has 7 heteroatoms. The molecule has 2 aromatic rings. The van der Waals surface area contributed by atoms with Gasteiger partial charge in [-0.05, 0) is 42.5 Å². The molecule has 0 aromatic heterocycles. The monoisotopic (exact) mass is 377 g/mol. The molecule has 0 aliphatic carbocycles. The molecule has 1 heterocycles. The van der Waals surface area contributed by atoms with Gasteiger partial charge in [0.15, 0.2) is 0 Å².